The summed E-state index contributed by atoms with van der Waals surface area (Å²) >= 11 is 0. The molecule has 24 heavy (non-hydrogen) atoms. The molecule has 3 nitrogen and oxygen atoms in total. The average molecular weight is 335 g/mol. The summed E-state index contributed by atoms with van der Waals surface area (Å²) in [7, 11) is 1.66. The van der Waals surface area contributed by atoms with Crippen molar-refractivity contribution in [3.05, 3.63) is 65.2 Å². The summed E-state index contributed by atoms with van der Waals surface area (Å²) in [5, 5.41) is 0. The van der Waals surface area contributed by atoms with Crippen LogP contribution in [0.4, 0.5) is 13.2 Å². The van der Waals surface area contributed by atoms with Crippen molar-refractivity contribution >= 4 is 5.91 Å². The molecule has 6 heteroatoms. The van der Waals surface area contributed by atoms with Gasteiger partial charge < -0.3 is 9.64 Å². The lowest BCUT2D eigenvalue weighted by Gasteiger charge is -2.33. The minimum Gasteiger partial charge on any atom is -0.493 e. The maximum atomic E-state index is 12.6. The third-order valence-corrected chi connectivity index (χ3v) is 4.17. The van der Waals surface area contributed by atoms with Gasteiger partial charge in [-0.25, -0.2) is 0 Å². The van der Waals surface area contributed by atoms with Gasteiger partial charge in [-0.15, -0.1) is 0 Å². The first-order chi connectivity index (χ1) is 11.4. The number of alkyl halides is 3. The van der Waals surface area contributed by atoms with Gasteiger partial charge in [-0.1, -0.05) is 18.2 Å². The summed E-state index contributed by atoms with van der Waals surface area (Å²) in [5.41, 5.74) is 0.374. The smallest absolute Gasteiger partial charge is 0.416 e. The molecule has 0 fully saturated rings. The number of ether oxygens (including phenoxy) is 1. The van der Waals surface area contributed by atoms with Crippen molar-refractivity contribution in [3.63, 3.8) is 0 Å². The lowest BCUT2D eigenvalue weighted by molar-refractivity contribution is -0.137. The maximum absolute atomic E-state index is 12.6. The fourth-order valence-electron chi connectivity index (χ4n) is 2.87. The van der Waals surface area contributed by atoms with Gasteiger partial charge in [0.05, 0.1) is 18.2 Å². The van der Waals surface area contributed by atoms with Gasteiger partial charge in [-0.3, -0.25) is 4.79 Å². The zero-order valence-electron chi connectivity index (χ0n) is 13.0. The fraction of sp³-hybridized carbons (Fsp3) is 0.278. The van der Waals surface area contributed by atoms with Crippen LogP contribution in [-0.4, -0.2) is 24.5 Å². The second-order valence-corrected chi connectivity index (χ2v) is 5.68. The van der Waals surface area contributed by atoms with Crippen LogP contribution in [0.2, 0.25) is 0 Å². The lowest BCUT2D eigenvalue weighted by Crippen LogP contribution is -2.34. The van der Waals surface area contributed by atoms with E-state index in [1.54, 1.807) is 11.9 Å². The Labute approximate surface area is 137 Å². The summed E-state index contributed by atoms with van der Waals surface area (Å²) in [6, 6.07) is 11.6. The topological polar surface area (TPSA) is 29.5 Å². The van der Waals surface area contributed by atoms with Crippen molar-refractivity contribution in [2.24, 2.45) is 0 Å². The molecule has 3 rings (SSSR count). The van der Waals surface area contributed by atoms with Crippen LogP contribution >= 0.6 is 0 Å². The van der Waals surface area contributed by atoms with Gasteiger partial charge in [0.2, 0.25) is 0 Å². The highest BCUT2D eigenvalue weighted by Crippen LogP contribution is 2.36. The Kier molecular flexibility index (Phi) is 4.22. The van der Waals surface area contributed by atoms with E-state index < -0.39 is 11.7 Å². The first kappa shape index (κ1) is 16.4. The highest BCUT2D eigenvalue weighted by atomic mass is 19.4. The largest absolute Gasteiger partial charge is 0.493 e. The van der Waals surface area contributed by atoms with E-state index in [0.29, 0.717) is 13.0 Å². The zero-order valence-corrected chi connectivity index (χ0v) is 13.0. The predicted molar refractivity (Wildman–Crippen MR) is 82.8 cm³/mol. The number of rotatable bonds is 2. The maximum Gasteiger partial charge on any atom is 0.416 e. The number of carbonyl (C=O) groups excluding carboxylic acids is 1. The molecule has 0 radical (unpaired) electrons. The number of carbonyl (C=O) groups is 1. The highest BCUT2D eigenvalue weighted by molar-refractivity contribution is 5.94. The summed E-state index contributed by atoms with van der Waals surface area (Å²) < 4.78 is 43.5. The van der Waals surface area contributed by atoms with Crippen LogP contribution in [-0.2, 0) is 6.18 Å². The standard InChI is InChI=1S/C18H16F3NO2/c1-22(15-10-11-24-16-5-3-2-4-14(15)16)17(23)12-6-8-13(9-7-12)18(19,20)21/h2-9,15H,10-11H2,1H3. The van der Waals surface area contributed by atoms with Gasteiger partial charge in [-0.2, -0.15) is 13.2 Å². The molecular formula is C18H16F3NO2. The Bertz CT molecular complexity index is 741. The molecule has 1 aliphatic heterocycles. The summed E-state index contributed by atoms with van der Waals surface area (Å²) in [5.74, 6) is 0.422. The van der Waals surface area contributed by atoms with E-state index in [9.17, 15) is 18.0 Å². The molecule has 0 aliphatic carbocycles. The van der Waals surface area contributed by atoms with Crippen molar-refractivity contribution < 1.29 is 22.7 Å². The van der Waals surface area contributed by atoms with E-state index >= 15 is 0 Å². The number of hydrogen-bond donors (Lipinski definition) is 0. The van der Waals surface area contributed by atoms with Crippen LogP contribution in [0.25, 0.3) is 0 Å². The second-order valence-electron chi connectivity index (χ2n) is 5.68. The Morgan fingerprint density at radius 1 is 1.12 bits per heavy atom. The Hall–Kier alpha value is -2.50. The molecule has 126 valence electrons. The third kappa shape index (κ3) is 3.09. The normalized spacial score (nSPS) is 16.9. The average Bonchev–Trinajstić information content (AvgIpc) is 2.59. The fourth-order valence-corrected chi connectivity index (χ4v) is 2.87. The minimum atomic E-state index is -4.41. The molecule has 0 saturated heterocycles. The summed E-state index contributed by atoms with van der Waals surface area (Å²) in [6.07, 6.45) is -3.77. The molecule has 1 heterocycles. The van der Waals surface area contributed by atoms with Crippen molar-refractivity contribution in [1.29, 1.82) is 0 Å². The van der Waals surface area contributed by atoms with Crippen LogP contribution in [0.15, 0.2) is 48.5 Å². The number of fused-ring (bicyclic) bond motifs is 1. The Balaban J connectivity index is 1.83. The second kappa shape index (κ2) is 6.19. The quantitative estimate of drug-likeness (QED) is 0.819. The van der Waals surface area contributed by atoms with Crippen LogP contribution in [0.1, 0.15) is 33.9 Å². The van der Waals surface area contributed by atoms with Crippen LogP contribution in [0.5, 0.6) is 5.75 Å². The van der Waals surface area contributed by atoms with E-state index in [4.69, 9.17) is 4.74 Å². The van der Waals surface area contributed by atoms with Crippen molar-refractivity contribution in [1.82, 2.24) is 4.90 Å². The number of nitrogens with zero attached hydrogens (tertiary/aromatic N) is 1. The molecule has 1 aliphatic rings. The first-order valence-corrected chi connectivity index (χ1v) is 7.54. The van der Waals surface area contributed by atoms with E-state index in [1.807, 2.05) is 24.3 Å². The van der Waals surface area contributed by atoms with Gasteiger partial charge in [0.1, 0.15) is 5.75 Å². The van der Waals surface area contributed by atoms with Gasteiger partial charge >= 0.3 is 6.18 Å². The van der Waals surface area contributed by atoms with Crippen LogP contribution in [0, 0.1) is 0 Å². The summed E-state index contributed by atoms with van der Waals surface area (Å²) in [6.45, 7) is 0.492. The number of benzene rings is 2. The third-order valence-electron chi connectivity index (χ3n) is 4.17. The van der Waals surface area contributed by atoms with Crippen LogP contribution < -0.4 is 4.74 Å². The SMILES string of the molecule is CN(C(=O)c1ccc(C(F)(F)F)cc1)C1CCOc2ccccc21. The Morgan fingerprint density at radius 3 is 2.46 bits per heavy atom. The monoisotopic (exact) mass is 335 g/mol. The molecule has 0 spiro atoms. The van der Waals surface area contributed by atoms with Crippen molar-refractivity contribution in [2.45, 2.75) is 18.6 Å². The van der Waals surface area contributed by atoms with Gasteiger partial charge in [0, 0.05) is 24.6 Å². The van der Waals surface area contributed by atoms with Gasteiger partial charge in [0.15, 0.2) is 0 Å². The number of amides is 1. The number of hydrogen-bond acceptors (Lipinski definition) is 2. The first-order valence-electron chi connectivity index (χ1n) is 7.54. The lowest BCUT2D eigenvalue weighted by atomic mass is 9.98. The minimum absolute atomic E-state index is 0.162. The van der Waals surface area contributed by atoms with Gasteiger partial charge in [-0.05, 0) is 30.3 Å². The van der Waals surface area contributed by atoms with E-state index in [-0.39, 0.29) is 17.5 Å². The van der Waals surface area contributed by atoms with Crippen molar-refractivity contribution in [3.8, 4) is 5.75 Å². The Morgan fingerprint density at radius 2 is 1.79 bits per heavy atom. The van der Waals surface area contributed by atoms with Gasteiger partial charge in [0.25, 0.3) is 5.91 Å². The summed E-state index contributed by atoms with van der Waals surface area (Å²) in [4.78, 5) is 14.2. The highest BCUT2D eigenvalue weighted by Gasteiger charge is 2.31. The molecule has 0 aromatic heterocycles. The zero-order chi connectivity index (χ0) is 17.3. The van der Waals surface area contributed by atoms with E-state index in [1.165, 1.54) is 12.1 Å². The molecule has 0 saturated carbocycles. The predicted octanol–water partition coefficient (Wildman–Crippen LogP) is 4.30. The molecule has 0 bridgehead atoms. The molecule has 1 atom stereocenters. The molecule has 0 N–H and O–H groups in total. The van der Waals surface area contributed by atoms with Crippen LogP contribution in [0.3, 0.4) is 0 Å². The van der Waals surface area contributed by atoms with E-state index in [2.05, 4.69) is 0 Å². The molecule has 2 aromatic carbocycles. The molecular weight excluding hydrogens is 319 g/mol. The van der Waals surface area contributed by atoms with Crippen molar-refractivity contribution in [2.75, 3.05) is 13.7 Å². The molecule has 2 aromatic rings. The number of para-hydroxylation sites is 1. The van der Waals surface area contributed by atoms with E-state index in [0.717, 1.165) is 23.4 Å². The molecule has 1 amide bonds. The molecule has 1 unspecified atom stereocenters. The number of halogens is 3.